The van der Waals surface area contributed by atoms with Crippen molar-refractivity contribution in [3.8, 4) is 0 Å². The van der Waals surface area contributed by atoms with Gasteiger partial charge in [0.1, 0.15) is 0 Å². The Kier molecular flexibility index (Phi) is 3.67. The van der Waals surface area contributed by atoms with E-state index in [0.29, 0.717) is 0 Å². The standard InChI is InChI=1S/C9H17NS2/c1-2-8(3-1)10-6-9-7-11-4-5-12-9/h8-10H,1-7H2. The Balaban J connectivity index is 1.58. The average molecular weight is 203 g/mol. The van der Waals surface area contributed by atoms with Gasteiger partial charge in [0, 0.05) is 35.1 Å². The van der Waals surface area contributed by atoms with Crippen molar-refractivity contribution in [3.05, 3.63) is 0 Å². The molecule has 12 heavy (non-hydrogen) atoms. The monoisotopic (exact) mass is 203 g/mol. The predicted octanol–water partition coefficient (Wildman–Crippen LogP) is 1.98. The molecule has 1 unspecified atom stereocenters. The summed E-state index contributed by atoms with van der Waals surface area (Å²) in [7, 11) is 0. The fraction of sp³-hybridized carbons (Fsp3) is 1.00. The molecule has 1 atom stereocenters. The summed E-state index contributed by atoms with van der Waals surface area (Å²) in [6.07, 6.45) is 4.29. The van der Waals surface area contributed by atoms with Crippen LogP contribution >= 0.6 is 23.5 Å². The van der Waals surface area contributed by atoms with Crippen LogP contribution in [0.5, 0.6) is 0 Å². The van der Waals surface area contributed by atoms with Gasteiger partial charge < -0.3 is 5.32 Å². The van der Waals surface area contributed by atoms with Crippen LogP contribution in [0.25, 0.3) is 0 Å². The van der Waals surface area contributed by atoms with E-state index in [1.807, 2.05) is 0 Å². The number of nitrogens with one attached hydrogen (secondary N) is 1. The van der Waals surface area contributed by atoms with Crippen molar-refractivity contribution in [3.63, 3.8) is 0 Å². The summed E-state index contributed by atoms with van der Waals surface area (Å²) in [5.41, 5.74) is 0. The summed E-state index contributed by atoms with van der Waals surface area (Å²) in [6.45, 7) is 1.25. The minimum atomic E-state index is 0.873. The Morgan fingerprint density at radius 1 is 1.25 bits per heavy atom. The van der Waals surface area contributed by atoms with Crippen LogP contribution in [0.4, 0.5) is 0 Å². The van der Waals surface area contributed by atoms with E-state index in [-0.39, 0.29) is 0 Å². The van der Waals surface area contributed by atoms with E-state index < -0.39 is 0 Å². The van der Waals surface area contributed by atoms with Gasteiger partial charge in [-0.05, 0) is 12.8 Å². The zero-order chi connectivity index (χ0) is 8.23. The largest absolute Gasteiger partial charge is 0.313 e. The maximum atomic E-state index is 3.65. The van der Waals surface area contributed by atoms with E-state index >= 15 is 0 Å². The summed E-state index contributed by atoms with van der Waals surface area (Å²) in [6, 6.07) is 0.873. The molecule has 0 aromatic carbocycles. The third-order valence-corrected chi connectivity index (χ3v) is 5.47. The lowest BCUT2D eigenvalue weighted by Crippen LogP contribution is -2.40. The van der Waals surface area contributed by atoms with Crippen LogP contribution in [0.3, 0.4) is 0 Å². The molecule has 0 amide bonds. The van der Waals surface area contributed by atoms with Crippen molar-refractivity contribution < 1.29 is 0 Å². The van der Waals surface area contributed by atoms with Crippen LogP contribution in [-0.2, 0) is 0 Å². The van der Waals surface area contributed by atoms with Gasteiger partial charge >= 0.3 is 0 Å². The summed E-state index contributed by atoms with van der Waals surface area (Å²) in [4.78, 5) is 0. The van der Waals surface area contributed by atoms with Gasteiger partial charge in [0.05, 0.1) is 0 Å². The quantitative estimate of drug-likeness (QED) is 0.753. The highest BCUT2D eigenvalue weighted by Gasteiger charge is 2.19. The molecule has 0 aromatic heterocycles. The molecule has 0 radical (unpaired) electrons. The second-order valence-corrected chi connectivity index (χ2v) is 6.16. The van der Waals surface area contributed by atoms with Crippen LogP contribution in [0.2, 0.25) is 0 Å². The van der Waals surface area contributed by atoms with Gasteiger partial charge in [-0.15, -0.1) is 0 Å². The first-order valence-electron chi connectivity index (χ1n) is 4.88. The molecule has 1 N–H and O–H groups in total. The van der Waals surface area contributed by atoms with Crippen molar-refractivity contribution in [1.82, 2.24) is 5.32 Å². The fourth-order valence-electron chi connectivity index (χ4n) is 1.56. The highest BCUT2D eigenvalue weighted by Crippen LogP contribution is 2.24. The number of rotatable bonds is 3. The molecule has 3 heteroatoms. The minimum Gasteiger partial charge on any atom is -0.313 e. The van der Waals surface area contributed by atoms with Gasteiger partial charge in [-0.1, -0.05) is 6.42 Å². The van der Waals surface area contributed by atoms with Gasteiger partial charge in [-0.2, -0.15) is 23.5 Å². The Morgan fingerprint density at radius 3 is 2.75 bits per heavy atom. The molecule has 1 aliphatic carbocycles. The van der Waals surface area contributed by atoms with Crippen LogP contribution in [-0.4, -0.2) is 35.1 Å². The molecule has 1 saturated heterocycles. The van der Waals surface area contributed by atoms with Crippen molar-refractivity contribution in [1.29, 1.82) is 0 Å². The lowest BCUT2D eigenvalue weighted by atomic mass is 9.93. The molecule has 0 aromatic rings. The van der Waals surface area contributed by atoms with Crippen molar-refractivity contribution in [2.45, 2.75) is 30.6 Å². The smallest absolute Gasteiger partial charge is 0.0263 e. The Bertz CT molecular complexity index is 130. The van der Waals surface area contributed by atoms with E-state index in [1.165, 1.54) is 43.1 Å². The molecule has 70 valence electrons. The zero-order valence-corrected chi connectivity index (χ0v) is 9.05. The topological polar surface area (TPSA) is 12.0 Å². The number of thioether (sulfide) groups is 2. The second-order valence-electron chi connectivity index (χ2n) is 3.60. The maximum Gasteiger partial charge on any atom is 0.0263 e. The third kappa shape index (κ3) is 2.57. The first-order valence-corrected chi connectivity index (χ1v) is 7.08. The molecule has 2 aliphatic rings. The predicted molar refractivity (Wildman–Crippen MR) is 59.2 cm³/mol. The van der Waals surface area contributed by atoms with Gasteiger partial charge in [0.2, 0.25) is 0 Å². The highest BCUT2D eigenvalue weighted by molar-refractivity contribution is 8.06. The SMILES string of the molecule is C1CC(NCC2CSCCS2)C1. The van der Waals surface area contributed by atoms with Crippen LogP contribution in [0, 0.1) is 0 Å². The summed E-state index contributed by atoms with van der Waals surface area (Å²) in [5.74, 6) is 4.09. The lowest BCUT2D eigenvalue weighted by Gasteiger charge is -2.29. The van der Waals surface area contributed by atoms with E-state index in [2.05, 4.69) is 28.8 Å². The first-order chi connectivity index (χ1) is 5.95. The van der Waals surface area contributed by atoms with Crippen molar-refractivity contribution in [2.24, 2.45) is 0 Å². The Hall–Kier alpha value is 0.660. The van der Waals surface area contributed by atoms with Gasteiger partial charge in [0.25, 0.3) is 0 Å². The van der Waals surface area contributed by atoms with Crippen LogP contribution in [0.15, 0.2) is 0 Å². The molecular formula is C9H17NS2. The second kappa shape index (κ2) is 4.77. The summed E-state index contributed by atoms with van der Waals surface area (Å²) >= 11 is 4.28. The van der Waals surface area contributed by atoms with E-state index in [1.54, 1.807) is 0 Å². The Morgan fingerprint density at radius 2 is 2.17 bits per heavy atom. The molecule has 1 nitrogen and oxygen atoms in total. The molecule has 2 rings (SSSR count). The molecule has 0 spiro atoms. The third-order valence-electron chi connectivity index (χ3n) is 2.62. The van der Waals surface area contributed by atoms with Gasteiger partial charge in [0.15, 0.2) is 0 Å². The molecule has 1 aliphatic heterocycles. The van der Waals surface area contributed by atoms with E-state index in [0.717, 1.165) is 11.3 Å². The fourth-order valence-corrected chi connectivity index (χ4v) is 4.19. The van der Waals surface area contributed by atoms with E-state index in [9.17, 15) is 0 Å². The van der Waals surface area contributed by atoms with Crippen molar-refractivity contribution >= 4 is 23.5 Å². The maximum absolute atomic E-state index is 3.65. The molecule has 0 bridgehead atoms. The lowest BCUT2D eigenvalue weighted by molar-refractivity contribution is 0.342. The first kappa shape index (κ1) is 9.22. The highest BCUT2D eigenvalue weighted by atomic mass is 32.2. The average Bonchev–Trinajstić information content (AvgIpc) is 2.04. The van der Waals surface area contributed by atoms with E-state index in [4.69, 9.17) is 0 Å². The minimum absolute atomic E-state index is 0.873. The summed E-state index contributed by atoms with van der Waals surface area (Å²) < 4.78 is 0. The summed E-state index contributed by atoms with van der Waals surface area (Å²) in [5, 5.41) is 4.55. The Labute approximate surface area is 83.4 Å². The molecule has 1 saturated carbocycles. The van der Waals surface area contributed by atoms with Crippen molar-refractivity contribution in [2.75, 3.05) is 23.8 Å². The number of hydrogen-bond donors (Lipinski definition) is 1. The number of hydrogen-bond acceptors (Lipinski definition) is 3. The molecule has 2 fully saturated rings. The van der Waals surface area contributed by atoms with Gasteiger partial charge in [-0.25, -0.2) is 0 Å². The molecule has 1 heterocycles. The normalized spacial score (nSPS) is 31.5. The van der Waals surface area contributed by atoms with Gasteiger partial charge in [-0.3, -0.25) is 0 Å². The molecular weight excluding hydrogens is 186 g/mol. The van der Waals surface area contributed by atoms with Crippen LogP contribution in [0.1, 0.15) is 19.3 Å². The van der Waals surface area contributed by atoms with Crippen LogP contribution < -0.4 is 5.32 Å². The zero-order valence-electron chi connectivity index (χ0n) is 7.42.